The monoisotopic (exact) mass is 432 g/mol. The molecular weight excluding hydrogens is 409 g/mol. The third-order valence-corrected chi connectivity index (χ3v) is 5.26. The van der Waals surface area contributed by atoms with Crippen LogP contribution in [0.15, 0.2) is 9.05 Å². The van der Waals surface area contributed by atoms with Crippen LogP contribution in [0.4, 0.5) is 13.2 Å². The summed E-state index contributed by atoms with van der Waals surface area (Å²) < 4.78 is 48.5. The number of fused-ring (bicyclic) bond motifs is 1. The first-order valence-electron chi connectivity index (χ1n) is 9.44. The van der Waals surface area contributed by atoms with Crippen LogP contribution in [0.1, 0.15) is 47.7 Å². The van der Waals surface area contributed by atoms with Crippen LogP contribution in [0, 0.1) is 26.7 Å². The summed E-state index contributed by atoms with van der Waals surface area (Å²) in [4.78, 5) is 15.6. The lowest BCUT2D eigenvalue weighted by atomic mass is 9.91. The van der Waals surface area contributed by atoms with Crippen LogP contribution < -0.4 is 0 Å². The molecule has 0 radical (unpaired) electrons. The number of nitrogens with zero attached hydrogens (tertiary/aromatic N) is 4. The third-order valence-electron chi connectivity index (χ3n) is 5.26. The van der Waals surface area contributed by atoms with Crippen molar-refractivity contribution in [2.24, 2.45) is 5.92 Å². The number of carboxylic acid groups (broad SMARTS) is 1. The van der Waals surface area contributed by atoms with Crippen molar-refractivity contribution in [2.45, 2.75) is 58.5 Å². The van der Waals surface area contributed by atoms with E-state index < -0.39 is 12.1 Å². The van der Waals surface area contributed by atoms with E-state index in [-0.39, 0.29) is 12.2 Å². The summed E-state index contributed by atoms with van der Waals surface area (Å²) in [5.74, 6) is 0.0180. The molecule has 0 saturated carbocycles. The van der Waals surface area contributed by atoms with Crippen molar-refractivity contribution in [3.63, 3.8) is 0 Å². The van der Waals surface area contributed by atoms with Gasteiger partial charge in [-0.2, -0.15) is 18.2 Å². The van der Waals surface area contributed by atoms with Crippen LogP contribution in [-0.4, -0.2) is 56.6 Å². The largest absolute Gasteiger partial charge is 0.490 e. The van der Waals surface area contributed by atoms with Gasteiger partial charge in [0.25, 0.3) is 5.89 Å². The first-order valence-corrected chi connectivity index (χ1v) is 9.44. The van der Waals surface area contributed by atoms with E-state index in [2.05, 4.69) is 20.2 Å². The molecule has 30 heavy (non-hydrogen) atoms. The van der Waals surface area contributed by atoms with Crippen LogP contribution in [0.2, 0.25) is 0 Å². The van der Waals surface area contributed by atoms with Crippen molar-refractivity contribution in [3.8, 4) is 0 Å². The van der Waals surface area contributed by atoms with Gasteiger partial charge < -0.3 is 18.9 Å². The van der Waals surface area contributed by atoms with Gasteiger partial charge in [-0.05, 0) is 46.1 Å². The van der Waals surface area contributed by atoms with Crippen LogP contribution in [0.25, 0.3) is 0 Å². The quantitative estimate of drug-likeness (QED) is 0.782. The summed E-state index contributed by atoms with van der Waals surface area (Å²) >= 11 is 0. The minimum Gasteiger partial charge on any atom is -0.475 e. The van der Waals surface area contributed by atoms with E-state index in [0.717, 1.165) is 43.9 Å². The van der Waals surface area contributed by atoms with E-state index >= 15 is 0 Å². The Kier molecular flexibility index (Phi) is 6.46. The number of likely N-dealkylation sites (tertiary alicyclic amines) is 1. The Bertz CT molecular complexity index is 862. The summed E-state index contributed by atoms with van der Waals surface area (Å²) in [6, 6.07) is 0. The zero-order valence-corrected chi connectivity index (χ0v) is 16.8. The molecule has 2 aromatic rings. The second-order valence-electron chi connectivity index (χ2n) is 7.47. The van der Waals surface area contributed by atoms with Gasteiger partial charge in [-0.25, -0.2) is 4.79 Å². The first-order chi connectivity index (χ1) is 14.0. The van der Waals surface area contributed by atoms with Crippen molar-refractivity contribution in [1.29, 1.82) is 0 Å². The van der Waals surface area contributed by atoms with Crippen molar-refractivity contribution in [2.75, 3.05) is 13.1 Å². The molecule has 0 aliphatic carbocycles. The molecule has 12 heteroatoms. The Morgan fingerprint density at radius 2 is 1.93 bits per heavy atom. The third kappa shape index (κ3) is 5.17. The fraction of sp³-hybridized carbons (Fsp3) is 0.667. The maximum Gasteiger partial charge on any atom is 0.490 e. The number of aromatic nitrogens is 3. The zero-order valence-electron chi connectivity index (χ0n) is 16.8. The molecule has 2 aliphatic heterocycles. The van der Waals surface area contributed by atoms with Gasteiger partial charge in [-0.15, -0.1) is 0 Å². The molecule has 4 heterocycles. The highest BCUT2D eigenvalue weighted by Crippen LogP contribution is 2.40. The van der Waals surface area contributed by atoms with Crippen molar-refractivity contribution >= 4 is 5.97 Å². The van der Waals surface area contributed by atoms with Gasteiger partial charge >= 0.3 is 12.1 Å². The number of aliphatic carboxylic acids is 1. The van der Waals surface area contributed by atoms with Gasteiger partial charge in [0.1, 0.15) is 11.9 Å². The second kappa shape index (κ2) is 8.72. The van der Waals surface area contributed by atoms with E-state index in [1.807, 2.05) is 20.8 Å². The van der Waals surface area contributed by atoms with Crippen molar-refractivity contribution < 1.29 is 36.9 Å². The maximum absolute atomic E-state index is 10.6. The second-order valence-corrected chi connectivity index (χ2v) is 7.47. The lowest BCUT2D eigenvalue weighted by Crippen LogP contribution is -2.41. The summed E-state index contributed by atoms with van der Waals surface area (Å²) in [5, 5.41) is 15.0. The molecule has 3 atom stereocenters. The van der Waals surface area contributed by atoms with E-state index in [9.17, 15) is 13.2 Å². The fourth-order valence-electron chi connectivity index (χ4n) is 3.69. The lowest BCUT2D eigenvalue weighted by Gasteiger charge is -2.33. The molecule has 166 valence electrons. The van der Waals surface area contributed by atoms with Gasteiger partial charge in [0.2, 0.25) is 0 Å². The molecular formula is C18H23F3N4O5. The van der Waals surface area contributed by atoms with Crippen LogP contribution >= 0.6 is 0 Å². The average Bonchev–Trinajstić information content (AvgIpc) is 3.36. The summed E-state index contributed by atoms with van der Waals surface area (Å²) in [6.45, 7) is 8.68. The van der Waals surface area contributed by atoms with Crippen LogP contribution in [-0.2, 0) is 16.1 Å². The van der Waals surface area contributed by atoms with Gasteiger partial charge in [0.15, 0.2) is 5.82 Å². The molecule has 0 spiro atoms. The Hall–Kier alpha value is -2.47. The maximum atomic E-state index is 10.6. The number of halogens is 3. The van der Waals surface area contributed by atoms with Crippen LogP contribution in [0.3, 0.4) is 0 Å². The van der Waals surface area contributed by atoms with Gasteiger partial charge in [0, 0.05) is 18.7 Å². The van der Waals surface area contributed by atoms with Gasteiger partial charge in [-0.3, -0.25) is 4.90 Å². The predicted molar refractivity (Wildman–Crippen MR) is 94.3 cm³/mol. The number of carboxylic acids is 1. The number of aryl methyl sites for hydroxylation is 3. The molecule has 2 fully saturated rings. The highest BCUT2D eigenvalue weighted by molar-refractivity contribution is 5.73. The Labute approximate surface area is 170 Å². The minimum atomic E-state index is -5.08. The standard InChI is InChI=1S/C16H22N4O3.C2HF3O2/c1-9-13(10(2)22-18-9)7-20-5-4-12-6-14(21-15(12)8-20)16-17-11(3)19-23-16;3-2(4,5)1(6)7/h12,14-15H,4-8H2,1-3H3;(H,6,7)/t12-,14+,15+;/m0./s1. The number of hydrogen-bond acceptors (Lipinski definition) is 8. The average molecular weight is 432 g/mol. The Balaban J connectivity index is 0.000000318. The molecule has 0 aromatic carbocycles. The van der Waals surface area contributed by atoms with Gasteiger partial charge in [0.05, 0.1) is 11.8 Å². The van der Waals surface area contributed by atoms with E-state index in [1.165, 1.54) is 5.56 Å². The number of rotatable bonds is 3. The number of hydrogen-bond donors (Lipinski definition) is 1. The highest BCUT2D eigenvalue weighted by atomic mass is 19.4. The number of piperidine rings is 1. The molecule has 1 N–H and O–H groups in total. The van der Waals surface area contributed by atoms with E-state index in [4.69, 9.17) is 23.7 Å². The topological polar surface area (TPSA) is 115 Å². The molecule has 0 bridgehead atoms. The molecule has 4 rings (SSSR count). The smallest absolute Gasteiger partial charge is 0.475 e. The number of ether oxygens (including phenoxy) is 1. The Morgan fingerprint density at radius 1 is 1.23 bits per heavy atom. The summed E-state index contributed by atoms with van der Waals surface area (Å²) in [6.07, 6.45) is -2.78. The minimum absolute atomic E-state index is 0.0507. The Morgan fingerprint density at radius 3 is 2.47 bits per heavy atom. The zero-order chi connectivity index (χ0) is 22.1. The number of alkyl halides is 3. The lowest BCUT2D eigenvalue weighted by molar-refractivity contribution is -0.192. The summed E-state index contributed by atoms with van der Waals surface area (Å²) in [5.41, 5.74) is 2.18. The van der Waals surface area contributed by atoms with E-state index in [0.29, 0.717) is 17.6 Å². The highest BCUT2D eigenvalue weighted by Gasteiger charge is 2.42. The van der Waals surface area contributed by atoms with Gasteiger partial charge in [-0.1, -0.05) is 10.3 Å². The molecule has 2 aromatic heterocycles. The molecule has 2 saturated heterocycles. The summed E-state index contributed by atoms with van der Waals surface area (Å²) in [7, 11) is 0. The van der Waals surface area contributed by atoms with Crippen molar-refractivity contribution in [1.82, 2.24) is 20.2 Å². The molecule has 0 unspecified atom stereocenters. The molecule has 9 nitrogen and oxygen atoms in total. The number of carbonyl (C=O) groups is 1. The fourth-order valence-corrected chi connectivity index (χ4v) is 3.69. The normalized spacial score (nSPS) is 24.3. The first kappa shape index (κ1) is 22.2. The van der Waals surface area contributed by atoms with E-state index in [1.54, 1.807) is 0 Å². The predicted octanol–water partition coefficient (Wildman–Crippen LogP) is 2.97. The van der Waals surface area contributed by atoms with Crippen LogP contribution in [0.5, 0.6) is 0 Å². The van der Waals surface area contributed by atoms with Crippen molar-refractivity contribution in [3.05, 3.63) is 28.7 Å². The molecule has 2 aliphatic rings. The SMILES string of the molecule is Cc1noc([C@H]2C[C@@H]3CCN(Cc4c(C)noc4C)C[C@H]3O2)n1.O=C(O)C(F)(F)F. The molecule has 0 amide bonds.